The number of ether oxygens (including phenoxy) is 2. The van der Waals surface area contributed by atoms with E-state index in [2.05, 4.69) is 27.3 Å². The predicted octanol–water partition coefficient (Wildman–Crippen LogP) is 2.43. The molecule has 1 fully saturated rings. The number of hydrogen-bond acceptors (Lipinski definition) is 4. The zero-order valence-corrected chi connectivity index (χ0v) is 12.3. The van der Waals surface area contributed by atoms with Gasteiger partial charge in [-0.1, -0.05) is 6.42 Å². The maximum Gasteiger partial charge on any atom is 0.231 e. The molecule has 104 valence electrons. The van der Waals surface area contributed by atoms with Gasteiger partial charge in [-0.15, -0.1) is 0 Å². The molecule has 0 radical (unpaired) electrons. The number of hydrogen-bond donors (Lipinski definition) is 2. The minimum atomic E-state index is 0.280. The highest BCUT2D eigenvalue weighted by molar-refractivity contribution is 9.10. The van der Waals surface area contributed by atoms with Crippen molar-refractivity contribution in [3.05, 3.63) is 22.2 Å². The van der Waals surface area contributed by atoms with Crippen molar-refractivity contribution in [2.45, 2.75) is 31.8 Å². The van der Waals surface area contributed by atoms with E-state index >= 15 is 0 Å². The Bertz CT molecular complexity index is 466. The lowest BCUT2D eigenvalue weighted by Crippen LogP contribution is -2.33. The summed E-state index contributed by atoms with van der Waals surface area (Å²) < 4.78 is 11.7. The van der Waals surface area contributed by atoms with E-state index in [4.69, 9.17) is 9.47 Å². The molecule has 0 saturated heterocycles. The first-order chi connectivity index (χ1) is 9.28. The molecular formula is C14H18BrNO3. The van der Waals surface area contributed by atoms with Gasteiger partial charge in [0.1, 0.15) is 0 Å². The van der Waals surface area contributed by atoms with Crippen molar-refractivity contribution < 1.29 is 14.6 Å². The van der Waals surface area contributed by atoms with Gasteiger partial charge in [0.05, 0.1) is 4.47 Å². The molecule has 1 aliphatic heterocycles. The summed E-state index contributed by atoms with van der Waals surface area (Å²) in [6.07, 6.45) is 3.48. The van der Waals surface area contributed by atoms with Crippen LogP contribution in [0, 0.1) is 5.92 Å². The van der Waals surface area contributed by atoms with Crippen molar-refractivity contribution >= 4 is 15.9 Å². The summed E-state index contributed by atoms with van der Waals surface area (Å²) in [5, 5.41) is 12.9. The number of benzene rings is 1. The van der Waals surface area contributed by atoms with Crippen LogP contribution in [-0.2, 0) is 6.54 Å². The summed E-state index contributed by atoms with van der Waals surface area (Å²) in [6.45, 7) is 1.36. The molecule has 0 spiro atoms. The molecule has 5 heteroatoms. The van der Waals surface area contributed by atoms with Crippen LogP contribution in [0.1, 0.15) is 24.8 Å². The van der Waals surface area contributed by atoms with Crippen LogP contribution in [-0.4, -0.2) is 24.5 Å². The van der Waals surface area contributed by atoms with Crippen molar-refractivity contribution in [1.82, 2.24) is 5.32 Å². The van der Waals surface area contributed by atoms with Crippen molar-refractivity contribution in [3.63, 3.8) is 0 Å². The molecule has 1 aliphatic carbocycles. The monoisotopic (exact) mass is 327 g/mol. The average molecular weight is 328 g/mol. The molecule has 0 aromatic heterocycles. The van der Waals surface area contributed by atoms with E-state index in [1.54, 1.807) is 0 Å². The zero-order valence-electron chi connectivity index (χ0n) is 10.7. The van der Waals surface area contributed by atoms with Crippen LogP contribution in [0.4, 0.5) is 0 Å². The van der Waals surface area contributed by atoms with E-state index in [9.17, 15) is 5.11 Å². The Morgan fingerprint density at radius 1 is 1.32 bits per heavy atom. The summed E-state index contributed by atoms with van der Waals surface area (Å²) in [5.74, 6) is 1.99. The molecule has 1 aromatic carbocycles. The van der Waals surface area contributed by atoms with E-state index in [0.717, 1.165) is 35.4 Å². The molecule has 3 rings (SSSR count). The third-order valence-corrected chi connectivity index (χ3v) is 4.54. The summed E-state index contributed by atoms with van der Waals surface area (Å²) in [7, 11) is 0. The van der Waals surface area contributed by atoms with Crippen LogP contribution >= 0.6 is 15.9 Å². The van der Waals surface area contributed by atoms with Gasteiger partial charge in [-0.05, 0) is 52.4 Å². The van der Waals surface area contributed by atoms with Gasteiger partial charge in [0.2, 0.25) is 6.79 Å². The lowest BCUT2D eigenvalue weighted by molar-refractivity contribution is 0.173. The van der Waals surface area contributed by atoms with Gasteiger partial charge < -0.3 is 19.9 Å². The van der Waals surface area contributed by atoms with Gasteiger partial charge in [0.25, 0.3) is 0 Å². The van der Waals surface area contributed by atoms with Crippen LogP contribution in [0.25, 0.3) is 0 Å². The Morgan fingerprint density at radius 2 is 2.21 bits per heavy atom. The van der Waals surface area contributed by atoms with Gasteiger partial charge in [-0.2, -0.15) is 0 Å². The summed E-state index contributed by atoms with van der Waals surface area (Å²) in [4.78, 5) is 0. The Labute approximate surface area is 121 Å². The van der Waals surface area contributed by atoms with Crippen LogP contribution in [0.5, 0.6) is 11.5 Å². The Hall–Kier alpha value is -0.780. The summed E-state index contributed by atoms with van der Waals surface area (Å²) in [6, 6.07) is 4.50. The average Bonchev–Trinajstić information content (AvgIpc) is 3.04. The van der Waals surface area contributed by atoms with Crippen LogP contribution in [0.15, 0.2) is 16.6 Å². The third-order valence-electron chi connectivity index (χ3n) is 3.95. The first-order valence-corrected chi connectivity index (χ1v) is 7.49. The summed E-state index contributed by atoms with van der Waals surface area (Å²) in [5.41, 5.74) is 1.17. The second-order valence-electron chi connectivity index (χ2n) is 5.17. The minimum Gasteiger partial charge on any atom is -0.454 e. The molecule has 1 aromatic rings. The fourth-order valence-corrected chi connectivity index (χ4v) is 3.50. The minimum absolute atomic E-state index is 0.280. The lowest BCUT2D eigenvalue weighted by Gasteiger charge is -2.19. The zero-order chi connectivity index (χ0) is 13.2. The van der Waals surface area contributed by atoms with Crippen molar-refractivity contribution in [2.75, 3.05) is 13.4 Å². The Balaban J connectivity index is 1.66. The van der Waals surface area contributed by atoms with Crippen molar-refractivity contribution in [1.29, 1.82) is 0 Å². The molecule has 2 unspecified atom stereocenters. The molecule has 4 nitrogen and oxygen atoms in total. The predicted molar refractivity (Wildman–Crippen MR) is 75.3 cm³/mol. The molecule has 1 saturated carbocycles. The molecule has 19 heavy (non-hydrogen) atoms. The van der Waals surface area contributed by atoms with E-state index in [0.29, 0.717) is 18.8 Å². The highest BCUT2D eigenvalue weighted by atomic mass is 79.9. The number of halogens is 1. The van der Waals surface area contributed by atoms with E-state index < -0.39 is 0 Å². The third kappa shape index (κ3) is 2.73. The van der Waals surface area contributed by atoms with Gasteiger partial charge in [0.15, 0.2) is 11.5 Å². The molecular weight excluding hydrogens is 310 g/mol. The molecule has 0 amide bonds. The fraction of sp³-hybridized carbons (Fsp3) is 0.571. The first-order valence-electron chi connectivity index (χ1n) is 6.70. The molecule has 0 bridgehead atoms. The quantitative estimate of drug-likeness (QED) is 0.891. The maximum atomic E-state index is 9.32. The van der Waals surface area contributed by atoms with Gasteiger partial charge >= 0.3 is 0 Å². The largest absolute Gasteiger partial charge is 0.454 e. The number of nitrogens with one attached hydrogen (secondary N) is 1. The summed E-state index contributed by atoms with van der Waals surface area (Å²) >= 11 is 3.50. The standard InChI is InChI=1S/C14H18BrNO3/c15-11-4-9(5-13-14(11)19-8-18-13)6-16-12-3-1-2-10(12)7-17/h4-5,10,12,16-17H,1-3,6-8H2. The van der Waals surface area contributed by atoms with Crippen LogP contribution < -0.4 is 14.8 Å². The van der Waals surface area contributed by atoms with E-state index in [1.807, 2.05) is 6.07 Å². The Morgan fingerprint density at radius 3 is 3.05 bits per heavy atom. The first kappa shape index (κ1) is 13.2. The van der Waals surface area contributed by atoms with Crippen LogP contribution in [0.2, 0.25) is 0 Å². The van der Waals surface area contributed by atoms with Gasteiger partial charge in [-0.3, -0.25) is 0 Å². The van der Waals surface area contributed by atoms with Crippen molar-refractivity contribution in [3.8, 4) is 11.5 Å². The topological polar surface area (TPSA) is 50.7 Å². The number of aliphatic hydroxyl groups is 1. The van der Waals surface area contributed by atoms with E-state index in [-0.39, 0.29) is 6.61 Å². The number of aliphatic hydroxyl groups excluding tert-OH is 1. The van der Waals surface area contributed by atoms with Gasteiger partial charge in [-0.25, -0.2) is 0 Å². The second kappa shape index (κ2) is 5.69. The SMILES string of the molecule is OCC1CCCC1NCc1cc(Br)c2c(c1)OCO2. The molecule has 2 atom stereocenters. The van der Waals surface area contributed by atoms with Crippen molar-refractivity contribution in [2.24, 2.45) is 5.92 Å². The lowest BCUT2D eigenvalue weighted by atomic mass is 10.0. The van der Waals surface area contributed by atoms with Crippen LogP contribution in [0.3, 0.4) is 0 Å². The second-order valence-corrected chi connectivity index (χ2v) is 6.03. The normalized spacial score (nSPS) is 24.9. The molecule has 1 heterocycles. The maximum absolute atomic E-state index is 9.32. The number of fused-ring (bicyclic) bond motifs is 1. The van der Waals surface area contributed by atoms with Gasteiger partial charge in [0, 0.05) is 19.2 Å². The molecule has 2 aliphatic rings. The Kier molecular flexibility index (Phi) is 3.96. The smallest absolute Gasteiger partial charge is 0.231 e. The highest BCUT2D eigenvalue weighted by Crippen LogP contribution is 2.40. The number of rotatable bonds is 4. The molecule has 2 N–H and O–H groups in total. The highest BCUT2D eigenvalue weighted by Gasteiger charge is 2.26. The van der Waals surface area contributed by atoms with E-state index in [1.165, 1.54) is 12.0 Å². The fourth-order valence-electron chi connectivity index (χ4n) is 2.90.